The Morgan fingerprint density at radius 1 is 1.16 bits per heavy atom. The van der Waals surface area contributed by atoms with Crippen molar-refractivity contribution < 1.29 is 4.74 Å². The molecule has 0 aliphatic rings. The molecule has 1 aromatic carbocycles. The molecule has 0 fully saturated rings. The molecule has 2 rings (SSSR count). The van der Waals surface area contributed by atoms with E-state index in [-0.39, 0.29) is 0 Å². The summed E-state index contributed by atoms with van der Waals surface area (Å²) in [6.45, 7) is 0.468. The molecular weight excluding hydrogens is 440 g/mol. The Labute approximate surface area is 137 Å². The van der Waals surface area contributed by atoms with E-state index in [2.05, 4.69) is 58.1 Å². The minimum absolute atomic E-state index is 0.468. The van der Waals surface area contributed by atoms with Crippen LogP contribution in [0.5, 0.6) is 5.75 Å². The second-order valence-corrected chi connectivity index (χ2v) is 6.41. The zero-order valence-corrected chi connectivity index (χ0v) is 14.8. The van der Waals surface area contributed by atoms with Gasteiger partial charge in [0.15, 0.2) is 0 Å². The number of pyridine rings is 1. The van der Waals surface area contributed by atoms with E-state index in [0.717, 1.165) is 30.5 Å². The maximum absolute atomic E-state index is 5.81. The first-order valence-electron chi connectivity index (χ1n) is 5.50. The van der Waals surface area contributed by atoms with Crippen LogP contribution in [0.15, 0.2) is 43.9 Å². The summed E-state index contributed by atoms with van der Waals surface area (Å²) in [6.07, 6.45) is 1.80. The zero-order chi connectivity index (χ0) is 13.8. The predicted octanol–water partition coefficient (Wildman–Crippen LogP) is 4.99. The van der Waals surface area contributed by atoms with Gasteiger partial charge in [-0.2, -0.15) is 0 Å². The molecule has 0 unspecified atom stereocenters. The molecule has 6 heteroatoms. The van der Waals surface area contributed by atoms with Gasteiger partial charge in [-0.25, -0.2) is 4.98 Å². The maximum atomic E-state index is 5.81. The van der Waals surface area contributed by atoms with Crippen LogP contribution < -0.4 is 10.1 Å². The average Bonchev–Trinajstić information content (AvgIpc) is 2.38. The molecule has 0 bridgehead atoms. The van der Waals surface area contributed by atoms with E-state index in [1.165, 1.54) is 0 Å². The number of ether oxygens (including phenoxy) is 1. The molecule has 100 valence electrons. The summed E-state index contributed by atoms with van der Waals surface area (Å²) < 4.78 is 8.59. The van der Waals surface area contributed by atoms with Crippen LogP contribution in [-0.2, 0) is 6.61 Å². The van der Waals surface area contributed by atoms with Crippen molar-refractivity contribution in [3.63, 3.8) is 0 Å². The topological polar surface area (TPSA) is 34.1 Å². The standard InChI is InChI=1S/C13H11Br3N2O/c1-17-12-3-2-8(6-18-12)7-19-13-10(15)4-9(14)5-11(13)16/h2-6H,7H2,1H3,(H,17,18). The van der Waals surface area contributed by atoms with Crippen molar-refractivity contribution in [1.29, 1.82) is 0 Å². The lowest BCUT2D eigenvalue weighted by atomic mass is 10.3. The lowest BCUT2D eigenvalue weighted by molar-refractivity contribution is 0.302. The molecule has 0 aliphatic carbocycles. The van der Waals surface area contributed by atoms with Gasteiger partial charge in [-0.1, -0.05) is 22.0 Å². The molecule has 0 radical (unpaired) electrons. The fourth-order valence-corrected chi connectivity index (χ4v) is 3.97. The molecule has 0 aliphatic heterocycles. The normalized spacial score (nSPS) is 10.3. The second kappa shape index (κ2) is 6.72. The van der Waals surface area contributed by atoms with Crippen molar-refractivity contribution in [3.8, 4) is 5.75 Å². The summed E-state index contributed by atoms with van der Waals surface area (Å²) in [7, 11) is 1.84. The number of halogens is 3. The molecule has 1 heterocycles. The SMILES string of the molecule is CNc1ccc(COc2c(Br)cc(Br)cc2Br)cn1. The molecule has 0 saturated heterocycles. The number of nitrogens with zero attached hydrogens (tertiary/aromatic N) is 1. The number of rotatable bonds is 4. The maximum Gasteiger partial charge on any atom is 0.148 e. The fourth-order valence-electron chi connectivity index (χ4n) is 1.48. The van der Waals surface area contributed by atoms with Gasteiger partial charge in [-0.15, -0.1) is 0 Å². The molecule has 1 N–H and O–H groups in total. The van der Waals surface area contributed by atoms with Crippen molar-refractivity contribution in [1.82, 2.24) is 4.98 Å². The van der Waals surface area contributed by atoms with Gasteiger partial charge < -0.3 is 10.1 Å². The highest BCUT2D eigenvalue weighted by molar-refractivity contribution is 9.11. The van der Waals surface area contributed by atoms with Gasteiger partial charge >= 0.3 is 0 Å². The first-order chi connectivity index (χ1) is 9.10. The Hall–Kier alpha value is -0.590. The Kier molecular flexibility index (Phi) is 5.24. The second-order valence-electron chi connectivity index (χ2n) is 3.79. The third kappa shape index (κ3) is 3.94. The van der Waals surface area contributed by atoms with Crippen LogP contribution in [-0.4, -0.2) is 12.0 Å². The number of benzene rings is 1. The molecule has 0 atom stereocenters. The van der Waals surface area contributed by atoms with E-state index < -0.39 is 0 Å². The highest BCUT2D eigenvalue weighted by Crippen LogP contribution is 2.36. The highest BCUT2D eigenvalue weighted by Gasteiger charge is 2.08. The zero-order valence-electron chi connectivity index (χ0n) is 10.1. The summed E-state index contributed by atoms with van der Waals surface area (Å²) >= 11 is 10.4. The first-order valence-corrected chi connectivity index (χ1v) is 7.88. The third-order valence-electron chi connectivity index (χ3n) is 2.43. The number of anilines is 1. The average molecular weight is 451 g/mol. The van der Waals surface area contributed by atoms with Crippen LogP contribution in [0.1, 0.15) is 5.56 Å². The molecule has 3 nitrogen and oxygen atoms in total. The van der Waals surface area contributed by atoms with Crippen molar-refractivity contribution in [2.24, 2.45) is 0 Å². The molecule has 0 spiro atoms. The quantitative estimate of drug-likeness (QED) is 0.712. The van der Waals surface area contributed by atoms with Crippen LogP contribution >= 0.6 is 47.8 Å². The van der Waals surface area contributed by atoms with E-state index in [4.69, 9.17) is 4.74 Å². The molecule has 0 saturated carbocycles. The first kappa shape index (κ1) is 14.8. The highest BCUT2D eigenvalue weighted by atomic mass is 79.9. The lowest BCUT2D eigenvalue weighted by Crippen LogP contribution is -1.99. The summed E-state index contributed by atoms with van der Waals surface area (Å²) in [5.74, 6) is 1.62. The van der Waals surface area contributed by atoms with Gasteiger partial charge in [0.2, 0.25) is 0 Å². The van der Waals surface area contributed by atoms with Crippen LogP contribution in [0.3, 0.4) is 0 Å². The minimum atomic E-state index is 0.468. The Bertz CT molecular complexity index is 550. The van der Waals surface area contributed by atoms with Crippen molar-refractivity contribution >= 4 is 53.6 Å². The van der Waals surface area contributed by atoms with E-state index in [1.54, 1.807) is 6.20 Å². The lowest BCUT2D eigenvalue weighted by Gasteiger charge is -2.11. The van der Waals surface area contributed by atoms with Crippen LogP contribution in [0.25, 0.3) is 0 Å². The number of aromatic nitrogens is 1. The summed E-state index contributed by atoms with van der Waals surface area (Å²) in [5.41, 5.74) is 1.01. The van der Waals surface area contributed by atoms with E-state index in [1.807, 2.05) is 31.3 Å². The number of hydrogen-bond acceptors (Lipinski definition) is 3. The van der Waals surface area contributed by atoms with Crippen molar-refractivity contribution in [3.05, 3.63) is 49.4 Å². The Balaban J connectivity index is 2.10. The van der Waals surface area contributed by atoms with Gasteiger partial charge in [0.05, 0.1) is 8.95 Å². The summed E-state index contributed by atoms with van der Waals surface area (Å²) in [6, 6.07) is 7.80. The smallest absolute Gasteiger partial charge is 0.148 e. The largest absolute Gasteiger partial charge is 0.486 e. The van der Waals surface area contributed by atoms with E-state index >= 15 is 0 Å². The predicted molar refractivity (Wildman–Crippen MR) is 87.7 cm³/mol. The van der Waals surface area contributed by atoms with Gasteiger partial charge in [0, 0.05) is 23.3 Å². The van der Waals surface area contributed by atoms with E-state index in [0.29, 0.717) is 6.61 Å². The fraction of sp³-hybridized carbons (Fsp3) is 0.154. The molecular formula is C13H11Br3N2O. The van der Waals surface area contributed by atoms with Crippen LogP contribution in [0.4, 0.5) is 5.82 Å². The van der Waals surface area contributed by atoms with E-state index in [9.17, 15) is 0 Å². The Morgan fingerprint density at radius 3 is 2.37 bits per heavy atom. The summed E-state index contributed by atoms with van der Waals surface area (Å²) in [4.78, 5) is 4.25. The van der Waals surface area contributed by atoms with Crippen molar-refractivity contribution in [2.75, 3.05) is 12.4 Å². The van der Waals surface area contributed by atoms with Gasteiger partial charge in [-0.3, -0.25) is 0 Å². The van der Waals surface area contributed by atoms with Gasteiger partial charge in [0.25, 0.3) is 0 Å². The molecule has 19 heavy (non-hydrogen) atoms. The summed E-state index contributed by atoms with van der Waals surface area (Å²) in [5, 5.41) is 2.98. The molecule has 1 aromatic heterocycles. The van der Waals surface area contributed by atoms with Gasteiger partial charge in [-0.05, 0) is 50.1 Å². The van der Waals surface area contributed by atoms with Crippen LogP contribution in [0, 0.1) is 0 Å². The monoisotopic (exact) mass is 448 g/mol. The van der Waals surface area contributed by atoms with Gasteiger partial charge in [0.1, 0.15) is 18.2 Å². The molecule has 0 amide bonds. The number of hydrogen-bond donors (Lipinski definition) is 1. The molecule has 2 aromatic rings. The van der Waals surface area contributed by atoms with Crippen molar-refractivity contribution in [2.45, 2.75) is 6.61 Å². The van der Waals surface area contributed by atoms with Crippen LogP contribution in [0.2, 0.25) is 0 Å². The third-order valence-corrected chi connectivity index (χ3v) is 4.06. The number of nitrogens with one attached hydrogen (secondary N) is 1. The Morgan fingerprint density at radius 2 is 1.84 bits per heavy atom. The minimum Gasteiger partial charge on any atom is -0.486 e.